The molecule has 8 heteroatoms. The molecule has 4 aromatic rings. The number of aliphatic hydroxyl groups excluding tert-OH is 2. The molecule has 2 heterocycles. The number of nitrogens with zero attached hydrogens (tertiary/aromatic N) is 2. The van der Waals surface area contributed by atoms with Crippen molar-refractivity contribution in [2.24, 2.45) is 5.41 Å². The van der Waals surface area contributed by atoms with E-state index in [1.807, 2.05) is 6.92 Å². The number of nitrogen functional groups attached to an aromatic ring is 2. The highest BCUT2D eigenvalue weighted by atomic mass is 19.1. The molecule has 1 aliphatic carbocycles. The number of hydrogen-bond acceptors (Lipinski definition) is 5. The Labute approximate surface area is 189 Å². The van der Waals surface area contributed by atoms with Gasteiger partial charge in [0.2, 0.25) is 0 Å². The molecule has 0 amide bonds. The molecule has 5 rings (SSSR count). The number of anilines is 2. The van der Waals surface area contributed by atoms with Crippen molar-refractivity contribution in [3.05, 3.63) is 65.9 Å². The summed E-state index contributed by atoms with van der Waals surface area (Å²) in [5.74, 6) is -0.496. The summed E-state index contributed by atoms with van der Waals surface area (Å²) in [5, 5.41) is 22.8. The van der Waals surface area contributed by atoms with Crippen molar-refractivity contribution in [1.29, 1.82) is 0 Å². The van der Waals surface area contributed by atoms with E-state index in [9.17, 15) is 19.0 Å². The van der Waals surface area contributed by atoms with Crippen LogP contribution in [0.4, 0.5) is 20.3 Å². The largest absolute Gasteiger partial charge is 0.398 e. The van der Waals surface area contributed by atoms with E-state index < -0.39 is 29.5 Å². The Bertz CT molecular complexity index is 1370. The SMILES string of the molecule is C[C@]1(CCc2cc(F)c3ccc(N)nc3c2)C[C@@H](n2ccc3c(N)ccc(F)c32)[C@H](O)[C@@H]1O. The summed E-state index contributed by atoms with van der Waals surface area (Å²) < 4.78 is 30.9. The summed E-state index contributed by atoms with van der Waals surface area (Å²) in [5.41, 5.74) is 13.0. The molecular formula is C25H26F2N4O2. The standard InChI is InChI=1S/C25H26F2N4O2/c1-25(8-6-13-10-17(27)14-2-5-21(29)30-19(14)11-13)12-20(23(32)24(25)33)31-9-7-15-18(28)4-3-16(26)22(15)31/h2-5,7,9-11,20,23-24,32-33H,6,8,12,28H2,1H3,(H2,29,30)/t20-,23+,24+,25+/m1/s1. The summed E-state index contributed by atoms with van der Waals surface area (Å²) in [6.45, 7) is 1.89. The second-order valence-corrected chi connectivity index (χ2v) is 9.36. The number of nitrogens with two attached hydrogens (primary N) is 2. The molecule has 0 radical (unpaired) electrons. The summed E-state index contributed by atoms with van der Waals surface area (Å²) in [6, 6.07) is 10.4. The van der Waals surface area contributed by atoms with Crippen molar-refractivity contribution in [2.45, 2.75) is 44.4 Å². The highest BCUT2D eigenvalue weighted by Gasteiger charge is 2.50. The highest BCUT2D eigenvalue weighted by molar-refractivity contribution is 5.91. The number of hydrogen-bond donors (Lipinski definition) is 4. The third kappa shape index (κ3) is 3.50. The minimum atomic E-state index is -1.08. The molecule has 0 aliphatic heterocycles. The molecule has 1 aliphatic rings. The van der Waals surface area contributed by atoms with Gasteiger partial charge in [-0.25, -0.2) is 13.8 Å². The first kappa shape index (κ1) is 21.6. The van der Waals surface area contributed by atoms with Gasteiger partial charge in [0.05, 0.1) is 23.2 Å². The predicted molar refractivity (Wildman–Crippen MR) is 125 cm³/mol. The lowest BCUT2D eigenvalue weighted by molar-refractivity contribution is -0.0241. The lowest BCUT2D eigenvalue weighted by atomic mass is 9.80. The lowest BCUT2D eigenvalue weighted by Crippen LogP contribution is -2.35. The Kier molecular flexibility index (Phi) is 5.02. The first-order valence-corrected chi connectivity index (χ1v) is 10.9. The fourth-order valence-electron chi connectivity index (χ4n) is 5.23. The van der Waals surface area contributed by atoms with Crippen LogP contribution >= 0.6 is 0 Å². The molecule has 2 aromatic carbocycles. The number of aliphatic hydroxyl groups is 2. The van der Waals surface area contributed by atoms with Gasteiger partial charge in [-0.2, -0.15) is 0 Å². The average Bonchev–Trinajstić information content (AvgIpc) is 3.32. The Morgan fingerprint density at radius 3 is 2.64 bits per heavy atom. The van der Waals surface area contributed by atoms with Crippen molar-refractivity contribution in [1.82, 2.24) is 9.55 Å². The van der Waals surface area contributed by atoms with Crippen LogP contribution in [0, 0.1) is 17.0 Å². The van der Waals surface area contributed by atoms with Crippen LogP contribution < -0.4 is 11.5 Å². The van der Waals surface area contributed by atoms with Crippen LogP contribution in [0.2, 0.25) is 0 Å². The van der Waals surface area contributed by atoms with Crippen molar-refractivity contribution < 1.29 is 19.0 Å². The molecule has 172 valence electrons. The molecule has 0 spiro atoms. The van der Waals surface area contributed by atoms with Gasteiger partial charge in [0.25, 0.3) is 0 Å². The third-order valence-electron chi connectivity index (χ3n) is 7.15. The van der Waals surface area contributed by atoms with E-state index in [1.165, 1.54) is 18.2 Å². The van der Waals surface area contributed by atoms with Gasteiger partial charge in [-0.15, -0.1) is 0 Å². The number of fused-ring (bicyclic) bond motifs is 2. The maximum Gasteiger partial charge on any atom is 0.147 e. The molecule has 0 saturated heterocycles. The van der Waals surface area contributed by atoms with Gasteiger partial charge in [-0.3, -0.25) is 0 Å². The van der Waals surface area contributed by atoms with E-state index in [4.69, 9.17) is 11.5 Å². The molecule has 2 aromatic heterocycles. The molecule has 0 unspecified atom stereocenters. The lowest BCUT2D eigenvalue weighted by Gasteiger charge is -2.28. The number of halogens is 2. The summed E-state index contributed by atoms with van der Waals surface area (Å²) in [6.07, 6.45) is 0.993. The van der Waals surface area contributed by atoms with Gasteiger partial charge >= 0.3 is 0 Å². The molecule has 6 N–H and O–H groups in total. The Morgan fingerprint density at radius 1 is 1.06 bits per heavy atom. The van der Waals surface area contributed by atoms with Crippen LogP contribution in [0.5, 0.6) is 0 Å². The zero-order valence-electron chi connectivity index (χ0n) is 18.2. The zero-order valence-corrected chi connectivity index (χ0v) is 18.2. The normalized spacial score (nSPS) is 25.3. The summed E-state index contributed by atoms with van der Waals surface area (Å²) >= 11 is 0. The average molecular weight is 453 g/mol. The van der Waals surface area contributed by atoms with Crippen molar-refractivity contribution >= 4 is 33.3 Å². The van der Waals surface area contributed by atoms with Crippen LogP contribution in [0.3, 0.4) is 0 Å². The van der Waals surface area contributed by atoms with Crippen LogP contribution in [0.15, 0.2) is 48.7 Å². The van der Waals surface area contributed by atoms with E-state index >= 15 is 0 Å². The van der Waals surface area contributed by atoms with Gasteiger partial charge in [0.15, 0.2) is 0 Å². The van der Waals surface area contributed by atoms with Gasteiger partial charge in [-0.05, 0) is 72.7 Å². The highest BCUT2D eigenvalue weighted by Crippen LogP contribution is 2.48. The van der Waals surface area contributed by atoms with Crippen LogP contribution in [-0.2, 0) is 6.42 Å². The molecule has 6 nitrogen and oxygen atoms in total. The van der Waals surface area contributed by atoms with E-state index in [1.54, 1.807) is 35.0 Å². The van der Waals surface area contributed by atoms with Gasteiger partial charge in [-0.1, -0.05) is 6.92 Å². The molecular weight excluding hydrogens is 426 g/mol. The minimum absolute atomic E-state index is 0.315. The Hall–Kier alpha value is -3.23. The quantitative estimate of drug-likeness (QED) is 0.351. The third-order valence-corrected chi connectivity index (χ3v) is 7.15. The number of benzene rings is 2. The number of aromatic nitrogens is 2. The van der Waals surface area contributed by atoms with E-state index in [-0.39, 0.29) is 5.82 Å². The molecule has 1 fully saturated rings. The fraction of sp³-hybridized carbons (Fsp3) is 0.320. The molecule has 4 atom stereocenters. The second kappa shape index (κ2) is 7.67. The van der Waals surface area contributed by atoms with E-state index in [0.717, 1.165) is 5.56 Å². The van der Waals surface area contributed by atoms with Crippen molar-refractivity contribution in [3.63, 3.8) is 0 Å². The zero-order chi connectivity index (χ0) is 23.5. The second-order valence-electron chi connectivity index (χ2n) is 9.36. The fourth-order valence-corrected chi connectivity index (χ4v) is 5.23. The summed E-state index contributed by atoms with van der Waals surface area (Å²) in [4.78, 5) is 4.21. The van der Waals surface area contributed by atoms with Crippen LogP contribution in [-0.4, -0.2) is 32.0 Å². The maximum atomic E-state index is 14.6. The topological polar surface area (TPSA) is 110 Å². The number of aryl methyl sites for hydroxylation is 1. The smallest absolute Gasteiger partial charge is 0.147 e. The predicted octanol–water partition coefficient (Wildman–Crippen LogP) is 3.94. The van der Waals surface area contributed by atoms with Gasteiger partial charge in [0, 0.05) is 22.7 Å². The van der Waals surface area contributed by atoms with Crippen LogP contribution in [0.25, 0.3) is 21.8 Å². The first-order valence-electron chi connectivity index (χ1n) is 10.9. The minimum Gasteiger partial charge on any atom is -0.398 e. The Morgan fingerprint density at radius 2 is 1.85 bits per heavy atom. The first-order chi connectivity index (χ1) is 15.7. The number of pyridine rings is 1. The van der Waals surface area contributed by atoms with Crippen molar-refractivity contribution in [2.75, 3.05) is 11.5 Å². The maximum absolute atomic E-state index is 14.6. The van der Waals surface area contributed by atoms with Crippen molar-refractivity contribution in [3.8, 4) is 0 Å². The number of rotatable bonds is 4. The van der Waals surface area contributed by atoms with Gasteiger partial charge in [0.1, 0.15) is 23.6 Å². The summed E-state index contributed by atoms with van der Waals surface area (Å²) in [7, 11) is 0. The molecule has 33 heavy (non-hydrogen) atoms. The van der Waals surface area contributed by atoms with E-state index in [2.05, 4.69) is 4.98 Å². The molecule has 0 bridgehead atoms. The molecule has 1 saturated carbocycles. The van der Waals surface area contributed by atoms with E-state index in [0.29, 0.717) is 52.6 Å². The monoisotopic (exact) mass is 452 g/mol. The van der Waals surface area contributed by atoms with Gasteiger partial charge < -0.3 is 26.2 Å². The Balaban J connectivity index is 1.42. The van der Waals surface area contributed by atoms with Crippen LogP contribution in [0.1, 0.15) is 31.4 Å².